The third-order valence-electron chi connectivity index (χ3n) is 11.8. The molecule has 57 heavy (non-hydrogen) atoms. The van der Waals surface area contributed by atoms with E-state index in [-0.39, 0.29) is 35.3 Å². The molecule has 8 nitrogen and oxygen atoms in total. The monoisotopic (exact) mass is 764 g/mol. The highest BCUT2D eigenvalue weighted by molar-refractivity contribution is 5.90. The van der Waals surface area contributed by atoms with E-state index < -0.39 is 42.0 Å². The fourth-order valence-corrected chi connectivity index (χ4v) is 8.86. The number of hydrogen-bond acceptors (Lipinski definition) is 8. The van der Waals surface area contributed by atoms with Gasteiger partial charge in [0.2, 0.25) is 0 Å². The average Bonchev–Trinajstić information content (AvgIpc) is 3.19. The second-order valence-corrected chi connectivity index (χ2v) is 16.4. The van der Waals surface area contributed by atoms with E-state index in [1.165, 1.54) is 22.8 Å². The van der Waals surface area contributed by atoms with Crippen LogP contribution in [0, 0.1) is 5.92 Å². The van der Waals surface area contributed by atoms with E-state index >= 15 is 0 Å². The van der Waals surface area contributed by atoms with Gasteiger partial charge in [-0.05, 0) is 105 Å². The first-order chi connectivity index (χ1) is 27.5. The number of esters is 2. The van der Waals surface area contributed by atoms with Crippen molar-refractivity contribution in [2.24, 2.45) is 5.92 Å². The second-order valence-electron chi connectivity index (χ2n) is 16.4. The summed E-state index contributed by atoms with van der Waals surface area (Å²) in [5.74, 6) is -0.765. The minimum atomic E-state index is -1.19. The molecule has 0 saturated heterocycles. The summed E-state index contributed by atoms with van der Waals surface area (Å²) in [5, 5.41) is 10.7. The van der Waals surface area contributed by atoms with E-state index in [1.807, 2.05) is 19.9 Å². The highest BCUT2D eigenvalue weighted by Crippen LogP contribution is 2.48. The minimum absolute atomic E-state index is 0.0467. The summed E-state index contributed by atoms with van der Waals surface area (Å²) in [5.41, 5.74) is 6.14. The van der Waals surface area contributed by atoms with Crippen LogP contribution in [-0.4, -0.2) is 28.8 Å². The molecular formula is C49H48O8. The molecule has 3 aliphatic heterocycles. The lowest BCUT2D eigenvalue weighted by molar-refractivity contribution is -0.188. The molecule has 9 rings (SSSR count). The number of allylic oxidation sites excluding steroid dienone is 3. The van der Waals surface area contributed by atoms with Gasteiger partial charge in [-0.1, -0.05) is 96.6 Å². The molecule has 0 saturated carbocycles. The fraction of sp³-hybridized carbons (Fsp3) is 0.327. The van der Waals surface area contributed by atoms with Crippen molar-refractivity contribution in [3.05, 3.63) is 170 Å². The standard InChI is InChI=1S/C49H48O8/c1-29(2)38-19-15-30-13-16-33(17-14-30)39-20-18-35(34-12-8-11-32(24-34)23-31-9-6-5-7-10-31)25-36(39)26-42(51)55-46-44-41(57-49(3,4)47(46)56-48(38)53)22-21-40-37(28-50)27-43(52)54-45(40)44/h5-14,16-18,20-22,24,27,35-36,39,46-47,50H,15,19,23,25-26,28H2,1-4H3. The van der Waals surface area contributed by atoms with Crippen molar-refractivity contribution in [1.82, 2.24) is 0 Å². The summed E-state index contributed by atoms with van der Waals surface area (Å²) in [4.78, 5) is 41.6. The zero-order chi connectivity index (χ0) is 39.8. The van der Waals surface area contributed by atoms with Crippen LogP contribution in [0.3, 0.4) is 0 Å². The Morgan fingerprint density at radius 3 is 2.33 bits per heavy atom. The van der Waals surface area contributed by atoms with E-state index in [9.17, 15) is 19.5 Å². The van der Waals surface area contributed by atoms with Crippen LogP contribution in [0.4, 0.5) is 0 Å². The summed E-state index contributed by atoms with van der Waals surface area (Å²) in [6.45, 7) is 6.94. The average molecular weight is 765 g/mol. The Morgan fingerprint density at radius 1 is 0.807 bits per heavy atom. The molecule has 0 fully saturated rings. The number of aryl methyl sites for hydroxylation is 1. The molecule has 4 aliphatic rings. The quantitative estimate of drug-likeness (QED) is 0.0835. The number of aliphatic hydroxyl groups is 1. The van der Waals surface area contributed by atoms with E-state index in [2.05, 4.69) is 84.9 Å². The molecule has 1 aromatic heterocycles. The summed E-state index contributed by atoms with van der Waals surface area (Å²) in [7, 11) is 0. The number of hydrogen-bond donors (Lipinski definition) is 1. The number of carbonyl (C=O) groups excluding carboxylic acids is 2. The third kappa shape index (κ3) is 7.83. The molecule has 2 bridgehead atoms. The van der Waals surface area contributed by atoms with Gasteiger partial charge in [0.05, 0.1) is 12.2 Å². The molecule has 1 N–H and O–H groups in total. The van der Waals surface area contributed by atoms with Crippen molar-refractivity contribution in [3.63, 3.8) is 0 Å². The lowest BCUT2D eigenvalue weighted by atomic mass is 9.72. The first-order valence-electron chi connectivity index (χ1n) is 19.8. The van der Waals surface area contributed by atoms with Crippen LogP contribution < -0.4 is 10.4 Å². The van der Waals surface area contributed by atoms with Gasteiger partial charge >= 0.3 is 17.6 Å². The zero-order valence-electron chi connectivity index (χ0n) is 32.8. The molecule has 1 aliphatic carbocycles. The van der Waals surface area contributed by atoms with Gasteiger partial charge in [0.25, 0.3) is 0 Å². The Kier molecular flexibility index (Phi) is 10.5. The van der Waals surface area contributed by atoms with Gasteiger partial charge in [-0.2, -0.15) is 0 Å². The highest BCUT2D eigenvalue weighted by Gasteiger charge is 2.51. The molecular weight excluding hydrogens is 717 g/mol. The van der Waals surface area contributed by atoms with Crippen LogP contribution >= 0.6 is 0 Å². The topological polar surface area (TPSA) is 112 Å². The summed E-state index contributed by atoms with van der Waals surface area (Å²) in [6, 6.07) is 32.3. The lowest BCUT2D eigenvalue weighted by Crippen LogP contribution is -2.52. The van der Waals surface area contributed by atoms with Crippen LogP contribution in [0.25, 0.3) is 11.0 Å². The van der Waals surface area contributed by atoms with Crippen LogP contribution in [0.15, 0.2) is 130 Å². The Labute approximate surface area is 332 Å². The van der Waals surface area contributed by atoms with Gasteiger partial charge in [0.15, 0.2) is 12.2 Å². The molecule has 5 unspecified atom stereocenters. The molecule has 292 valence electrons. The fourth-order valence-electron chi connectivity index (χ4n) is 8.86. The van der Waals surface area contributed by atoms with E-state index in [1.54, 1.807) is 26.0 Å². The van der Waals surface area contributed by atoms with Gasteiger partial charge < -0.3 is 23.7 Å². The summed E-state index contributed by atoms with van der Waals surface area (Å²) in [6.07, 6.45) is 4.92. The smallest absolute Gasteiger partial charge is 0.336 e. The molecule has 4 heterocycles. The first-order valence-corrected chi connectivity index (χ1v) is 19.8. The predicted octanol–water partition coefficient (Wildman–Crippen LogP) is 9.36. The van der Waals surface area contributed by atoms with Crippen LogP contribution in [0.2, 0.25) is 0 Å². The number of rotatable bonds is 4. The normalized spacial score (nSPS) is 23.1. The largest absolute Gasteiger partial charge is 0.483 e. The number of fused-ring (bicyclic) bond motifs is 11. The molecule has 0 spiro atoms. The Hall–Kier alpha value is -5.73. The van der Waals surface area contributed by atoms with Gasteiger partial charge in [-0.3, -0.25) is 4.79 Å². The second kappa shape index (κ2) is 15.7. The van der Waals surface area contributed by atoms with Gasteiger partial charge in [0.1, 0.15) is 16.9 Å². The summed E-state index contributed by atoms with van der Waals surface area (Å²) < 4.78 is 25.2. The molecule has 4 aromatic carbocycles. The maximum Gasteiger partial charge on any atom is 0.336 e. The van der Waals surface area contributed by atoms with Crippen molar-refractivity contribution >= 4 is 22.9 Å². The molecule has 5 aromatic rings. The van der Waals surface area contributed by atoms with E-state index in [0.29, 0.717) is 41.5 Å². The molecule has 0 radical (unpaired) electrons. The van der Waals surface area contributed by atoms with Gasteiger partial charge in [0, 0.05) is 35.3 Å². The zero-order valence-corrected chi connectivity index (χ0v) is 32.8. The molecule has 5 atom stereocenters. The SMILES string of the molecule is CC(C)=C1CCc2ccc(cc2)C2C=CC(c3cccc(Cc4ccccc4)c3)CC2CC(=O)OC2c3c(ccc4c(CO)cc(=O)oc34)OC(C)(C)C2OC1=O. The Bertz CT molecular complexity index is 2430. The van der Waals surface area contributed by atoms with Crippen LogP contribution in [0.5, 0.6) is 5.75 Å². The maximum atomic E-state index is 14.6. The van der Waals surface area contributed by atoms with E-state index in [4.69, 9.17) is 18.6 Å². The van der Waals surface area contributed by atoms with Crippen molar-refractivity contribution in [2.75, 3.05) is 0 Å². The van der Waals surface area contributed by atoms with Crippen molar-refractivity contribution in [3.8, 4) is 5.75 Å². The predicted molar refractivity (Wildman–Crippen MR) is 218 cm³/mol. The first kappa shape index (κ1) is 38.2. The Balaban J connectivity index is 1.21. The lowest BCUT2D eigenvalue weighted by Gasteiger charge is -2.43. The highest BCUT2D eigenvalue weighted by atomic mass is 16.6. The maximum absolute atomic E-state index is 14.6. The van der Waals surface area contributed by atoms with Crippen molar-refractivity contribution < 1.29 is 33.3 Å². The van der Waals surface area contributed by atoms with Crippen LogP contribution in [0.1, 0.15) is 104 Å². The Morgan fingerprint density at radius 2 is 1.58 bits per heavy atom. The third-order valence-corrected chi connectivity index (χ3v) is 11.8. The molecule has 0 amide bonds. The number of benzene rings is 4. The van der Waals surface area contributed by atoms with Gasteiger partial charge in [-0.25, -0.2) is 9.59 Å². The number of carbonyl (C=O) groups is 2. The number of ether oxygens (including phenoxy) is 3. The number of aliphatic hydroxyl groups excluding tert-OH is 1. The molecule has 8 heteroatoms. The minimum Gasteiger partial charge on any atom is -0.483 e. The summed E-state index contributed by atoms with van der Waals surface area (Å²) >= 11 is 0. The van der Waals surface area contributed by atoms with Crippen molar-refractivity contribution in [1.29, 1.82) is 0 Å². The van der Waals surface area contributed by atoms with E-state index in [0.717, 1.165) is 23.1 Å². The van der Waals surface area contributed by atoms with Crippen LogP contribution in [-0.2, 0) is 38.5 Å². The van der Waals surface area contributed by atoms with Gasteiger partial charge in [-0.15, -0.1) is 0 Å². The van der Waals surface area contributed by atoms with Crippen molar-refractivity contribution in [2.45, 2.75) is 96.1 Å².